The van der Waals surface area contributed by atoms with Gasteiger partial charge in [0.25, 0.3) is 0 Å². The van der Waals surface area contributed by atoms with Crippen LogP contribution in [0.2, 0.25) is 0 Å². The van der Waals surface area contributed by atoms with Gasteiger partial charge in [0, 0.05) is 5.56 Å². The minimum atomic E-state index is -4.99. The lowest BCUT2D eigenvalue weighted by Gasteiger charge is -2.07. The van der Waals surface area contributed by atoms with E-state index in [-0.39, 0.29) is 5.56 Å². The number of ketones is 2. The smallest absolute Gasteiger partial charge is 0.450 e. The van der Waals surface area contributed by atoms with Crippen LogP contribution in [-0.4, -0.2) is 24.3 Å². The summed E-state index contributed by atoms with van der Waals surface area (Å²) in [6.45, 7) is 2.44. The maximum absolute atomic E-state index is 12.2. The molecule has 3 nitrogen and oxygen atoms in total. The molecule has 0 saturated carbocycles. The molecule has 2 aromatic carbocycles. The molecule has 0 aromatic heterocycles. The van der Waals surface area contributed by atoms with E-state index < -0.39 is 24.2 Å². The van der Waals surface area contributed by atoms with Gasteiger partial charge < -0.3 is 4.74 Å². The highest BCUT2D eigenvalue weighted by atomic mass is 19.4. The Morgan fingerprint density at radius 2 is 1.42 bits per heavy atom. The van der Waals surface area contributed by atoms with Gasteiger partial charge in [-0.15, -0.1) is 0 Å². The lowest BCUT2D eigenvalue weighted by Crippen LogP contribution is -2.25. The first-order valence-corrected chi connectivity index (χ1v) is 7.27. The Hall–Kier alpha value is -2.63. The van der Waals surface area contributed by atoms with Crippen LogP contribution >= 0.6 is 0 Å². The van der Waals surface area contributed by atoms with Gasteiger partial charge in [-0.05, 0) is 30.2 Å². The number of hydrogen-bond acceptors (Lipinski definition) is 3. The number of ether oxygens (including phenoxy) is 1. The minimum absolute atomic E-state index is 0.0716. The summed E-state index contributed by atoms with van der Waals surface area (Å²) in [6, 6.07) is 13.4. The third-order valence-electron chi connectivity index (χ3n) is 3.34. The standard InChI is InChI=1S/C18H15F3O3/c1-2-24-15-9-7-13(8-10-15)12-3-5-14(6-4-12)16(22)11-17(23)18(19,20)21/h3-10H,2,11H2,1H3. The molecule has 0 aliphatic heterocycles. The van der Waals surface area contributed by atoms with E-state index >= 15 is 0 Å². The maximum atomic E-state index is 12.2. The molecule has 6 heteroatoms. The van der Waals surface area contributed by atoms with Crippen molar-refractivity contribution in [1.82, 2.24) is 0 Å². The zero-order chi connectivity index (χ0) is 17.7. The first-order valence-electron chi connectivity index (χ1n) is 7.27. The fourth-order valence-electron chi connectivity index (χ4n) is 2.11. The van der Waals surface area contributed by atoms with Crippen LogP contribution < -0.4 is 4.74 Å². The number of benzene rings is 2. The fourth-order valence-corrected chi connectivity index (χ4v) is 2.11. The molecule has 0 spiro atoms. The Kier molecular flexibility index (Phi) is 5.39. The Morgan fingerprint density at radius 3 is 1.88 bits per heavy atom. The van der Waals surface area contributed by atoms with Gasteiger partial charge in [0.05, 0.1) is 13.0 Å². The van der Waals surface area contributed by atoms with Gasteiger partial charge in [0.1, 0.15) is 5.75 Å². The largest absolute Gasteiger partial charge is 0.494 e. The number of hydrogen-bond donors (Lipinski definition) is 0. The molecule has 0 bridgehead atoms. The SMILES string of the molecule is CCOc1ccc(-c2ccc(C(=O)CC(=O)C(F)(F)F)cc2)cc1. The van der Waals surface area contributed by atoms with E-state index in [1.165, 1.54) is 12.1 Å². The molecular weight excluding hydrogens is 321 g/mol. The van der Waals surface area contributed by atoms with Gasteiger partial charge in [-0.25, -0.2) is 0 Å². The van der Waals surface area contributed by atoms with Crippen molar-refractivity contribution < 1.29 is 27.5 Å². The number of rotatable bonds is 6. The number of alkyl halides is 3. The van der Waals surface area contributed by atoms with Crippen LogP contribution in [-0.2, 0) is 4.79 Å². The average molecular weight is 336 g/mol. The van der Waals surface area contributed by atoms with Crippen LogP contribution in [0.25, 0.3) is 11.1 Å². The molecule has 126 valence electrons. The molecule has 0 unspecified atom stereocenters. The molecule has 0 aliphatic rings. The molecule has 0 radical (unpaired) electrons. The summed E-state index contributed by atoms with van der Waals surface area (Å²) in [7, 11) is 0. The zero-order valence-electron chi connectivity index (χ0n) is 12.9. The van der Waals surface area contributed by atoms with E-state index in [0.29, 0.717) is 6.61 Å². The molecule has 0 amide bonds. The Bertz CT molecular complexity index is 717. The van der Waals surface area contributed by atoms with Crippen molar-refractivity contribution in [2.24, 2.45) is 0 Å². The van der Waals surface area contributed by atoms with Crippen molar-refractivity contribution in [3.63, 3.8) is 0 Å². The van der Waals surface area contributed by atoms with E-state index in [9.17, 15) is 22.8 Å². The lowest BCUT2D eigenvalue weighted by molar-refractivity contribution is -0.170. The Balaban J connectivity index is 2.10. The monoisotopic (exact) mass is 336 g/mol. The quantitative estimate of drug-likeness (QED) is 0.578. The van der Waals surface area contributed by atoms with Gasteiger partial charge in [0.2, 0.25) is 5.78 Å². The topological polar surface area (TPSA) is 43.4 Å². The van der Waals surface area contributed by atoms with Gasteiger partial charge >= 0.3 is 6.18 Å². The summed E-state index contributed by atoms with van der Waals surface area (Å²) in [5.41, 5.74) is 1.75. The molecule has 2 rings (SSSR count). The van der Waals surface area contributed by atoms with Gasteiger partial charge in [0.15, 0.2) is 5.78 Å². The first kappa shape index (κ1) is 17.7. The van der Waals surface area contributed by atoms with E-state index in [1.807, 2.05) is 19.1 Å². The summed E-state index contributed by atoms with van der Waals surface area (Å²) in [5, 5.41) is 0. The summed E-state index contributed by atoms with van der Waals surface area (Å²) >= 11 is 0. The summed E-state index contributed by atoms with van der Waals surface area (Å²) in [6.07, 6.45) is -6.16. The number of Topliss-reactive ketones (excluding diaryl/α,β-unsaturated/α-hetero) is 2. The molecule has 0 N–H and O–H groups in total. The molecule has 0 atom stereocenters. The van der Waals surface area contributed by atoms with Gasteiger partial charge in [-0.3, -0.25) is 9.59 Å². The highest BCUT2D eigenvalue weighted by Crippen LogP contribution is 2.24. The molecule has 0 fully saturated rings. The second-order valence-electron chi connectivity index (χ2n) is 5.06. The van der Waals surface area contributed by atoms with E-state index in [1.54, 1.807) is 24.3 Å². The van der Waals surface area contributed by atoms with Crippen LogP contribution in [0.4, 0.5) is 13.2 Å². The summed E-state index contributed by atoms with van der Waals surface area (Å²) in [4.78, 5) is 22.6. The third kappa shape index (κ3) is 4.44. The van der Waals surface area contributed by atoms with Crippen molar-refractivity contribution in [3.05, 3.63) is 54.1 Å². The fraction of sp³-hybridized carbons (Fsp3) is 0.222. The van der Waals surface area contributed by atoms with Crippen molar-refractivity contribution >= 4 is 11.6 Å². The average Bonchev–Trinajstić information content (AvgIpc) is 2.55. The van der Waals surface area contributed by atoms with Crippen LogP contribution in [0, 0.1) is 0 Å². The summed E-state index contributed by atoms with van der Waals surface area (Å²) < 4.78 is 41.9. The normalized spacial score (nSPS) is 11.2. The second kappa shape index (κ2) is 7.29. The lowest BCUT2D eigenvalue weighted by atomic mass is 10.0. The van der Waals surface area contributed by atoms with Crippen LogP contribution in [0.5, 0.6) is 5.75 Å². The number of halogens is 3. The molecule has 0 heterocycles. The van der Waals surface area contributed by atoms with Gasteiger partial charge in [-0.1, -0.05) is 36.4 Å². The first-order chi connectivity index (χ1) is 11.3. The van der Waals surface area contributed by atoms with Crippen molar-refractivity contribution in [2.75, 3.05) is 6.61 Å². The minimum Gasteiger partial charge on any atom is -0.494 e. The maximum Gasteiger partial charge on any atom is 0.450 e. The predicted octanol–water partition coefficient (Wildman–Crippen LogP) is 4.46. The van der Waals surface area contributed by atoms with Crippen LogP contribution in [0.1, 0.15) is 23.7 Å². The van der Waals surface area contributed by atoms with Crippen molar-refractivity contribution in [2.45, 2.75) is 19.5 Å². The molecule has 0 saturated heterocycles. The predicted molar refractivity (Wildman–Crippen MR) is 83.1 cm³/mol. The highest BCUT2D eigenvalue weighted by Gasteiger charge is 2.39. The molecule has 0 aliphatic carbocycles. The zero-order valence-corrected chi connectivity index (χ0v) is 12.9. The number of carbonyl (C=O) groups excluding carboxylic acids is 2. The summed E-state index contributed by atoms with van der Waals surface area (Å²) in [5.74, 6) is -2.16. The second-order valence-corrected chi connectivity index (χ2v) is 5.06. The van der Waals surface area contributed by atoms with E-state index in [0.717, 1.165) is 16.9 Å². The molecule has 2 aromatic rings. The van der Waals surface area contributed by atoms with Crippen LogP contribution in [0.3, 0.4) is 0 Å². The van der Waals surface area contributed by atoms with Gasteiger partial charge in [-0.2, -0.15) is 13.2 Å². The van der Waals surface area contributed by atoms with Crippen molar-refractivity contribution in [3.8, 4) is 16.9 Å². The highest BCUT2D eigenvalue weighted by molar-refractivity contribution is 6.09. The Morgan fingerprint density at radius 1 is 0.917 bits per heavy atom. The van der Waals surface area contributed by atoms with Crippen molar-refractivity contribution in [1.29, 1.82) is 0 Å². The Labute approximate surface area is 137 Å². The number of carbonyl (C=O) groups is 2. The molecule has 24 heavy (non-hydrogen) atoms. The van der Waals surface area contributed by atoms with Crippen LogP contribution in [0.15, 0.2) is 48.5 Å². The van der Waals surface area contributed by atoms with E-state index in [4.69, 9.17) is 4.74 Å². The van der Waals surface area contributed by atoms with E-state index in [2.05, 4.69) is 0 Å². The molecular formula is C18H15F3O3. The third-order valence-corrected chi connectivity index (χ3v) is 3.34.